The quantitative estimate of drug-likeness (QED) is 0.764. The van der Waals surface area contributed by atoms with E-state index in [1.165, 1.54) is 0 Å². The van der Waals surface area contributed by atoms with Crippen LogP contribution in [-0.2, 0) is 4.43 Å². The van der Waals surface area contributed by atoms with E-state index in [0.29, 0.717) is 17.2 Å². The van der Waals surface area contributed by atoms with Crippen LogP contribution in [0.2, 0.25) is 18.1 Å². The van der Waals surface area contributed by atoms with Crippen LogP contribution in [0.5, 0.6) is 5.75 Å². The molecule has 1 fully saturated rings. The fourth-order valence-electron chi connectivity index (χ4n) is 2.81. The van der Waals surface area contributed by atoms with Crippen molar-refractivity contribution < 1.29 is 19.1 Å². The van der Waals surface area contributed by atoms with Crippen LogP contribution in [0.4, 0.5) is 5.69 Å². The van der Waals surface area contributed by atoms with E-state index in [1.807, 2.05) is 6.07 Å². The summed E-state index contributed by atoms with van der Waals surface area (Å²) in [6.07, 6.45) is 1.02. The van der Waals surface area contributed by atoms with Crippen molar-refractivity contribution in [3.63, 3.8) is 0 Å². The second-order valence-corrected chi connectivity index (χ2v) is 13.2. The molecule has 2 rings (SSSR count). The third-order valence-corrected chi connectivity index (χ3v) is 10.0. The summed E-state index contributed by atoms with van der Waals surface area (Å²) < 4.78 is 11.6. The summed E-state index contributed by atoms with van der Waals surface area (Å²) in [5.41, 5.74) is 1.06. The van der Waals surface area contributed by atoms with Gasteiger partial charge in [0, 0.05) is 31.7 Å². The van der Waals surface area contributed by atoms with Gasteiger partial charge in [0.2, 0.25) is 0 Å². The molecule has 0 bridgehead atoms. The number of carboxylic acid groups (broad SMARTS) is 1. The van der Waals surface area contributed by atoms with Gasteiger partial charge in [-0.05, 0) is 36.7 Å². The Hall–Kier alpha value is -1.53. The van der Waals surface area contributed by atoms with Crippen LogP contribution in [0, 0.1) is 5.92 Å². The largest absolute Gasteiger partial charge is 0.497 e. The van der Waals surface area contributed by atoms with Crippen molar-refractivity contribution in [2.75, 3.05) is 31.7 Å². The molecule has 1 saturated heterocycles. The van der Waals surface area contributed by atoms with Crippen molar-refractivity contribution in [3.8, 4) is 5.75 Å². The number of aromatic carboxylic acids is 1. The van der Waals surface area contributed by atoms with E-state index < -0.39 is 14.3 Å². The van der Waals surface area contributed by atoms with Gasteiger partial charge >= 0.3 is 5.97 Å². The SMILES string of the molecule is COc1ccc(C(=O)O)c(N2CCC(CO[Si](C)(C)C(C)(C)C)C2)c1. The predicted octanol–water partition coefficient (Wildman–Crippen LogP) is 4.24. The van der Waals surface area contributed by atoms with Crippen molar-refractivity contribution in [3.05, 3.63) is 23.8 Å². The van der Waals surface area contributed by atoms with Crippen molar-refractivity contribution in [1.29, 1.82) is 0 Å². The van der Waals surface area contributed by atoms with Gasteiger partial charge in [0.05, 0.1) is 18.4 Å². The molecule has 1 aromatic rings. The highest BCUT2D eigenvalue weighted by atomic mass is 28.4. The molecule has 0 radical (unpaired) electrons. The van der Waals surface area contributed by atoms with Gasteiger partial charge in [-0.2, -0.15) is 0 Å². The van der Waals surface area contributed by atoms with Gasteiger partial charge in [0.15, 0.2) is 8.32 Å². The first kappa shape index (κ1) is 19.8. The zero-order chi connectivity index (χ0) is 18.8. The molecule has 0 spiro atoms. The van der Waals surface area contributed by atoms with Gasteiger partial charge in [-0.15, -0.1) is 0 Å². The summed E-state index contributed by atoms with van der Waals surface area (Å²) in [7, 11) is -0.153. The van der Waals surface area contributed by atoms with Crippen LogP contribution in [0.25, 0.3) is 0 Å². The van der Waals surface area contributed by atoms with Crippen molar-refractivity contribution in [1.82, 2.24) is 0 Å². The van der Waals surface area contributed by atoms with E-state index in [4.69, 9.17) is 9.16 Å². The highest BCUT2D eigenvalue weighted by Gasteiger charge is 2.38. The third kappa shape index (κ3) is 4.55. The normalized spacial score (nSPS) is 18.5. The maximum absolute atomic E-state index is 11.5. The number of nitrogens with zero attached hydrogens (tertiary/aromatic N) is 1. The number of rotatable bonds is 6. The standard InChI is InChI=1S/C19H31NO4Si/c1-19(2,3)25(5,6)24-13-14-9-10-20(12-14)17-11-15(23-4)7-8-16(17)18(21)22/h7-8,11,14H,9-10,12-13H2,1-6H3,(H,21,22). The number of hydrogen-bond acceptors (Lipinski definition) is 4. The molecule has 1 atom stereocenters. The fraction of sp³-hybridized carbons (Fsp3) is 0.632. The van der Waals surface area contributed by atoms with E-state index >= 15 is 0 Å². The number of carbonyl (C=O) groups is 1. The second-order valence-electron chi connectivity index (χ2n) is 8.36. The van der Waals surface area contributed by atoms with E-state index in [1.54, 1.807) is 19.2 Å². The van der Waals surface area contributed by atoms with Crippen LogP contribution in [0.1, 0.15) is 37.6 Å². The number of benzene rings is 1. The Morgan fingerprint density at radius 2 is 2.04 bits per heavy atom. The molecule has 6 heteroatoms. The highest BCUT2D eigenvalue weighted by Crippen LogP contribution is 2.37. The van der Waals surface area contributed by atoms with Gasteiger partial charge in [-0.3, -0.25) is 0 Å². The third-order valence-electron chi connectivity index (χ3n) is 5.55. The second kappa shape index (κ2) is 7.38. The minimum absolute atomic E-state index is 0.203. The molecule has 5 nitrogen and oxygen atoms in total. The number of hydrogen-bond donors (Lipinski definition) is 1. The van der Waals surface area contributed by atoms with E-state index in [2.05, 4.69) is 38.8 Å². The molecule has 1 aliphatic rings. The van der Waals surface area contributed by atoms with Crippen LogP contribution < -0.4 is 9.64 Å². The zero-order valence-corrected chi connectivity index (χ0v) is 17.3. The Labute approximate surface area is 152 Å². The average Bonchev–Trinajstić information content (AvgIpc) is 3.00. The van der Waals surface area contributed by atoms with Crippen molar-refractivity contribution in [2.24, 2.45) is 5.92 Å². The average molecular weight is 366 g/mol. The smallest absolute Gasteiger partial charge is 0.337 e. The van der Waals surface area contributed by atoms with Crippen LogP contribution >= 0.6 is 0 Å². The lowest BCUT2D eigenvalue weighted by molar-refractivity contribution is 0.0697. The monoisotopic (exact) mass is 365 g/mol. The molecule has 25 heavy (non-hydrogen) atoms. The maximum atomic E-state index is 11.5. The number of carboxylic acids is 1. The van der Waals surface area contributed by atoms with Crippen LogP contribution in [0.3, 0.4) is 0 Å². The predicted molar refractivity (Wildman–Crippen MR) is 103 cm³/mol. The number of ether oxygens (including phenoxy) is 1. The summed E-state index contributed by atoms with van der Waals surface area (Å²) >= 11 is 0. The minimum Gasteiger partial charge on any atom is -0.497 e. The summed E-state index contributed by atoms with van der Waals surface area (Å²) in [5, 5.41) is 9.67. The first-order valence-corrected chi connectivity index (χ1v) is 11.8. The molecule has 0 aliphatic carbocycles. The molecule has 0 aromatic heterocycles. The Morgan fingerprint density at radius 1 is 1.36 bits per heavy atom. The molecule has 140 valence electrons. The summed E-state index contributed by atoms with van der Waals surface area (Å²) in [4.78, 5) is 13.7. The molecule has 0 amide bonds. The lowest BCUT2D eigenvalue weighted by atomic mass is 10.1. The van der Waals surface area contributed by atoms with E-state index in [9.17, 15) is 9.90 Å². The molecular weight excluding hydrogens is 334 g/mol. The molecule has 1 aliphatic heterocycles. The molecule has 1 unspecified atom stereocenters. The zero-order valence-electron chi connectivity index (χ0n) is 16.3. The molecule has 1 aromatic carbocycles. The number of anilines is 1. The minimum atomic E-state index is -1.75. The summed E-state index contributed by atoms with van der Waals surface area (Å²) in [6.45, 7) is 13.7. The van der Waals surface area contributed by atoms with Crippen LogP contribution in [-0.4, -0.2) is 46.2 Å². The molecular formula is C19H31NO4Si. The molecule has 0 saturated carbocycles. The van der Waals surface area contributed by atoms with E-state index in [0.717, 1.165) is 31.8 Å². The van der Waals surface area contributed by atoms with Gasteiger partial charge in [-0.1, -0.05) is 20.8 Å². The Morgan fingerprint density at radius 3 is 2.60 bits per heavy atom. The number of methoxy groups -OCH3 is 1. The van der Waals surface area contributed by atoms with Gasteiger partial charge in [0.25, 0.3) is 0 Å². The topological polar surface area (TPSA) is 59.0 Å². The highest BCUT2D eigenvalue weighted by molar-refractivity contribution is 6.74. The summed E-state index contributed by atoms with van der Waals surface area (Å²) in [6, 6.07) is 5.14. The van der Waals surface area contributed by atoms with Gasteiger partial charge < -0.3 is 19.2 Å². The van der Waals surface area contributed by atoms with E-state index in [-0.39, 0.29) is 5.04 Å². The van der Waals surface area contributed by atoms with Crippen molar-refractivity contribution >= 4 is 20.0 Å². The summed E-state index contributed by atoms with van der Waals surface area (Å²) in [5.74, 6) is 0.210. The lowest BCUT2D eigenvalue weighted by Gasteiger charge is -2.37. The lowest BCUT2D eigenvalue weighted by Crippen LogP contribution is -2.42. The fourth-order valence-corrected chi connectivity index (χ4v) is 3.90. The van der Waals surface area contributed by atoms with Gasteiger partial charge in [0.1, 0.15) is 5.75 Å². The first-order valence-electron chi connectivity index (χ1n) is 8.85. The Bertz CT molecular complexity index is 624. The molecule has 1 N–H and O–H groups in total. The van der Waals surface area contributed by atoms with Gasteiger partial charge in [-0.25, -0.2) is 4.79 Å². The first-order chi connectivity index (χ1) is 11.5. The Kier molecular flexibility index (Phi) is 5.84. The van der Waals surface area contributed by atoms with Crippen LogP contribution in [0.15, 0.2) is 18.2 Å². The van der Waals surface area contributed by atoms with Crippen molar-refractivity contribution in [2.45, 2.75) is 45.3 Å². The maximum Gasteiger partial charge on any atom is 0.337 e. The Balaban J connectivity index is 2.07. The molecule has 1 heterocycles.